The number of hydrogen-bond donors (Lipinski definition) is 0. The number of hydrogen-bond acceptors (Lipinski definition) is 3. The molecule has 0 saturated carbocycles. The van der Waals surface area contributed by atoms with E-state index in [-0.39, 0.29) is 0 Å². The van der Waals surface area contributed by atoms with Crippen molar-refractivity contribution in [2.45, 2.75) is 0 Å². The molecular weight excluding hydrogens is 572 g/mol. The highest BCUT2D eigenvalue weighted by atomic mass is 16.3. The van der Waals surface area contributed by atoms with Gasteiger partial charge in [0, 0.05) is 38.1 Å². The summed E-state index contributed by atoms with van der Waals surface area (Å²) in [4.78, 5) is 10.1. The maximum atomic E-state index is 6.53. The molecule has 47 heavy (non-hydrogen) atoms. The van der Waals surface area contributed by atoms with Gasteiger partial charge in [-0.25, -0.2) is 9.97 Å². The number of fused-ring (bicyclic) bond motifs is 11. The molecule has 0 amide bonds. The van der Waals surface area contributed by atoms with Gasteiger partial charge in [0.25, 0.3) is 0 Å². The molecule has 10 aromatic rings. The molecule has 3 heteroatoms. The Labute approximate surface area is 270 Å². The molecule has 3 nitrogen and oxygen atoms in total. The van der Waals surface area contributed by atoms with Crippen molar-refractivity contribution in [3.8, 4) is 33.8 Å². The Bertz CT molecular complexity index is 2840. The summed E-state index contributed by atoms with van der Waals surface area (Å²) in [6.45, 7) is 0. The number of nitrogens with zero attached hydrogens (tertiary/aromatic N) is 2. The van der Waals surface area contributed by atoms with E-state index in [1.165, 1.54) is 32.3 Å². The standard InChI is InChI=1S/C44H26N2O/c1-3-11-27(12-4-1)42-35-23-20-30(26-38(35)45-44(46-42)28-13-5-2-6-14-28)29-19-22-32-31(25-29)21-24-37-40(32)33-15-7-8-16-34(33)41-36-17-9-10-18-39(36)47-43(37)41/h1-26H. The van der Waals surface area contributed by atoms with Gasteiger partial charge >= 0.3 is 0 Å². The Morgan fingerprint density at radius 1 is 0.383 bits per heavy atom. The molecule has 0 radical (unpaired) electrons. The van der Waals surface area contributed by atoms with E-state index in [0.717, 1.165) is 66.6 Å². The minimum Gasteiger partial charge on any atom is -0.455 e. The molecule has 218 valence electrons. The van der Waals surface area contributed by atoms with Gasteiger partial charge in [0.1, 0.15) is 11.2 Å². The van der Waals surface area contributed by atoms with Crippen LogP contribution in [-0.4, -0.2) is 9.97 Å². The van der Waals surface area contributed by atoms with Gasteiger partial charge in [0.05, 0.1) is 11.2 Å². The molecule has 0 bridgehead atoms. The van der Waals surface area contributed by atoms with Crippen LogP contribution in [-0.2, 0) is 0 Å². The molecule has 2 aromatic heterocycles. The van der Waals surface area contributed by atoms with Crippen molar-refractivity contribution >= 4 is 65.2 Å². The Morgan fingerprint density at radius 2 is 1.00 bits per heavy atom. The summed E-state index contributed by atoms with van der Waals surface area (Å²) in [7, 11) is 0. The predicted octanol–water partition coefficient (Wildman–Crippen LogP) is 12.0. The van der Waals surface area contributed by atoms with Crippen molar-refractivity contribution in [1.29, 1.82) is 0 Å². The Morgan fingerprint density at radius 3 is 1.79 bits per heavy atom. The van der Waals surface area contributed by atoms with E-state index in [2.05, 4.69) is 127 Å². The van der Waals surface area contributed by atoms with E-state index < -0.39 is 0 Å². The van der Waals surface area contributed by atoms with Crippen LogP contribution in [0.25, 0.3) is 98.9 Å². The van der Waals surface area contributed by atoms with Crippen LogP contribution in [0.5, 0.6) is 0 Å². The lowest BCUT2D eigenvalue weighted by molar-refractivity contribution is 0.673. The molecule has 0 fully saturated rings. The minimum atomic E-state index is 0.725. The van der Waals surface area contributed by atoms with Crippen molar-refractivity contribution in [1.82, 2.24) is 9.97 Å². The van der Waals surface area contributed by atoms with E-state index in [1.54, 1.807) is 0 Å². The first kappa shape index (κ1) is 26.0. The van der Waals surface area contributed by atoms with Crippen molar-refractivity contribution in [3.63, 3.8) is 0 Å². The minimum absolute atomic E-state index is 0.725. The van der Waals surface area contributed by atoms with Crippen molar-refractivity contribution in [3.05, 3.63) is 158 Å². The molecule has 0 aliphatic rings. The Kier molecular flexibility index (Phi) is 5.57. The summed E-state index contributed by atoms with van der Waals surface area (Å²) in [6.07, 6.45) is 0. The fourth-order valence-corrected chi connectivity index (χ4v) is 7.25. The van der Waals surface area contributed by atoms with Crippen LogP contribution in [0.4, 0.5) is 0 Å². The number of benzene rings is 8. The summed E-state index contributed by atoms with van der Waals surface area (Å²) >= 11 is 0. The third kappa shape index (κ3) is 4.00. The molecule has 0 aliphatic carbocycles. The zero-order valence-corrected chi connectivity index (χ0v) is 25.3. The van der Waals surface area contributed by atoms with Gasteiger partial charge < -0.3 is 4.42 Å². The summed E-state index contributed by atoms with van der Waals surface area (Å²) in [5.74, 6) is 0.725. The third-order valence-electron chi connectivity index (χ3n) is 9.44. The van der Waals surface area contributed by atoms with Crippen LogP contribution in [0.1, 0.15) is 0 Å². The third-order valence-corrected chi connectivity index (χ3v) is 9.44. The lowest BCUT2D eigenvalue weighted by Gasteiger charge is -2.13. The number of furan rings is 1. The molecule has 2 heterocycles. The molecule has 0 unspecified atom stereocenters. The highest BCUT2D eigenvalue weighted by Crippen LogP contribution is 2.43. The summed E-state index contributed by atoms with van der Waals surface area (Å²) in [5.41, 5.74) is 8.07. The second kappa shape index (κ2) is 10.1. The highest BCUT2D eigenvalue weighted by Gasteiger charge is 2.18. The number of rotatable bonds is 3. The van der Waals surface area contributed by atoms with Crippen LogP contribution < -0.4 is 0 Å². The monoisotopic (exact) mass is 598 g/mol. The second-order valence-corrected chi connectivity index (χ2v) is 12.1. The molecule has 0 spiro atoms. The van der Waals surface area contributed by atoms with Crippen LogP contribution >= 0.6 is 0 Å². The number of para-hydroxylation sites is 1. The van der Waals surface area contributed by atoms with E-state index in [0.29, 0.717) is 0 Å². The van der Waals surface area contributed by atoms with Gasteiger partial charge in [-0.2, -0.15) is 0 Å². The van der Waals surface area contributed by atoms with Crippen molar-refractivity contribution < 1.29 is 4.42 Å². The van der Waals surface area contributed by atoms with Gasteiger partial charge in [-0.15, -0.1) is 0 Å². The smallest absolute Gasteiger partial charge is 0.160 e. The number of aromatic nitrogens is 2. The fourth-order valence-electron chi connectivity index (χ4n) is 7.25. The van der Waals surface area contributed by atoms with Gasteiger partial charge in [-0.05, 0) is 63.0 Å². The molecule has 0 N–H and O–H groups in total. The lowest BCUT2D eigenvalue weighted by atomic mass is 9.92. The molecule has 8 aromatic carbocycles. The largest absolute Gasteiger partial charge is 0.455 e. The topological polar surface area (TPSA) is 38.9 Å². The normalized spacial score (nSPS) is 11.8. The summed E-state index contributed by atoms with van der Waals surface area (Å²) < 4.78 is 6.53. The SMILES string of the molecule is c1ccc(-c2nc(-c3ccccc3)c3ccc(-c4ccc5c(ccc6c7oc8ccccc8c7c7ccccc7c56)c4)cc3n2)cc1. The van der Waals surface area contributed by atoms with Crippen LogP contribution in [0.15, 0.2) is 162 Å². The molecular formula is C44H26N2O. The zero-order valence-electron chi connectivity index (χ0n) is 25.3. The van der Waals surface area contributed by atoms with Gasteiger partial charge in [-0.1, -0.05) is 127 Å². The maximum absolute atomic E-state index is 6.53. The fraction of sp³-hybridized carbons (Fsp3) is 0. The van der Waals surface area contributed by atoms with Crippen molar-refractivity contribution in [2.75, 3.05) is 0 Å². The first-order valence-electron chi connectivity index (χ1n) is 15.9. The van der Waals surface area contributed by atoms with Crippen LogP contribution in [0, 0.1) is 0 Å². The average Bonchev–Trinajstić information content (AvgIpc) is 3.54. The molecule has 0 aliphatic heterocycles. The van der Waals surface area contributed by atoms with Gasteiger partial charge in [0.2, 0.25) is 0 Å². The van der Waals surface area contributed by atoms with E-state index in [1.807, 2.05) is 30.3 Å². The predicted molar refractivity (Wildman–Crippen MR) is 196 cm³/mol. The summed E-state index contributed by atoms with van der Waals surface area (Å²) in [6, 6.07) is 55.4. The van der Waals surface area contributed by atoms with Crippen molar-refractivity contribution in [2.24, 2.45) is 0 Å². The lowest BCUT2D eigenvalue weighted by Crippen LogP contribution is -1.95. The second-order valence-electron chi connectivity index (χ2n) is 12.1. The van der Waals surface area contributed by atoms with Gasteiger partial charge in [-0.3, -0.25) is 0 Å². The molecule has 0 atom stereocenters. The molecule has 0 saturated heterocycles. The zero-order chi connectivity index (χ0) is 30.9. The Balaban J connectivity index is 1.19. The Hall–Kier alpha value is -6.32. The maximum Gasteiger partial charge on any atom is 0.160 e. The summed E-state index contributed by atoms with van der Waals surface area (Å²) in [5, 5.41) is 10.6. The first-order valence-corrected chi connectivity index (χ1v) is 15.9. The van der Waals surface area contributed by atoms with Gasteiger partial charge in [0.15, 0.2) is 5.82 Å². The van der Waals surface area contributed by atoms with Crippen LogP contribution in [0.2, 0.25) is 0 Å². The first-order chi connectivity index (χ1) is 23.3. The van der Waals surface area contributed by atoms with Crippen LogP contribution in [0.3, 0.4) is 0 Å². The van der Waals surface area contributed by atoms with E-state index in [9.17, 15) is 0 Å². The molecule has 10 rings (SSSR count). The quantitative estimate of drug-likeness (QED) is 0.190. The van der Waals surface area contributed by atoms with E-state index in [4.69, 9.17) is 14.4 Å². The van der Waals surface area contributed by atoms with E-state index >= 15 is 0 Å². The average molecular weight is 599 g/mol. The highest BCUT2D eigenvalue weighted by molar-refractivity contribution is 6.34.